The summed E-state index contributed by atoms with van der Waals surface area (Å²) in [7, 11) is 0. The maximum Gasteiger partial charge on any atom is 0.245 e. The van der Waals surface area contributed by atoms with Crippen molar-refractivity contribution in [3.8, 4) is 0 Å². The second-order valence-corrected chi connectivity index (χ2v) is 6.59. The summed E-state index contributed by atoms with van der Waals surface area (Å²) in [6, 6.07) is 15.1. The molecule has 0 aromatic heterocycles. The molecule has 2 N–H and O–H groups in total. The zero-order valence-electron chi connectivity index (χ0n) is 13.9. The molecular formula is C19H21Cl2NO3. The third-order valence-corrected chi connectivity index (χ3v) is 4.51. The minimum Gasteiger partial charge on any atom is -0.377 e. The molecule has 2 aromatic carbocycles. The molecule has 1 amide bonds. The number of benzene rings is 2. The Bertz CT molecular complexity index is 674. The number of halogens is 2. The molecule has 2 aromatic rings. The largest absolute Gasteiger partial charge is 0.377 e. The minimum atomic E-state index is -0.478. The van der Waals surface area contributed by atoms with Gasteiger partial charge >= 0.3 is 0 Å². The molecule has 0 radical (unpaired) electrons. The van der Waals surface area contributed by atoms with Gasteiger partial charge in [0.25, 0.3) is 0 Å². The van der Waals surface area contributed by atoms with E-state index in [4.69, 9.17) is 33.1 Å². The average molecular weight is 382 g/mol. The molecule has 0 bridgehead atoms. The Morgan fingerprint density at radius 2 is 1.64 bits per heavy atom. The lowest BCUT2D eigenvalue weighted by Crippen LogP contribution is -2.31. The summed E-state index contributed by atoms with van der Waals surface area (Å²) in [6.07, 6.45) is 0.349. The normalized spacial score (nSPS) is 13.3. The van der Waals surface area contributed by atoms with Crippen LogP contribution in [-0.2, 0) is 16.0 Å². The van der Waals surface area contributed by atoms with Crippen LogP contribution in [0.4, 0.5) is 0 Å². The van der Waals surface area contributed by atoms with Gasteiger partial charge in [-0.1, -0.05) is 47.5 Å². The molecule has 6 heteroatoms. The zero-order valence-corrected chi connectivity index (χ0v) is 15.4. The molecule has 25 heavy (non-hydrogen) atoms. The summed E-state index contributed by atoms with van der Waals surface area (Å²) < 4.78 is 5.83. The molecule has 2 atom stereocenters. The smallest absolute Gasteiger partial charge is 0.245 e. The molecule has 4 nitrogen and oxygen atoms in total. The monoisotopic (exact) mass is 381 g/mol. The fourth-order valence-electron chi connectivity index (χ4n) is 2.81. The van der Waals surface area contributed by atoms with Crippen LogP contribution in [0.25, 0.3) is 0 Å². The molecule has 0 aliphatic rings. The number of hydroxylamine groups is 1. The fraction of sp³-hybridized carbons (Fsp3) is 0.316. The second kappa shape index (κ2) is 9.78. The van der Waals surface area contributed by atoms with Crippen molar-refractivity contribution in [3.63, 3.8) is 0 Å². The van der Waals surface area contributed by atoms with Crippen molar-refractivity contribution >= 4 is 29.1 Å². The molecule has 2 rings (SSSR count). The van der Waals surface area contributed by atoms with Crippen LogP contribution in [0.5, 0.6) is 0 Å². The molecule has 0 heterocycles. The van der Waals surface area contributed by atoms with E-state index in [9.17, 15) is 4.79 Å². The van der Waals surface area contributed by atoms with Crippen LogP contribution in [0.1, 0.15) is 30.4 Å². The first-order valence-electron chi connectivity index (χ1n) is 8.08. The predicted octanol–water partition coefficient (Wildman–Crippen LogP) is 4.62. The number of amides is 1. The van der Waals surface area contributed by atoms with Crippen LogP contribution in [0.2, 0.25) is 10.0 Å². The first-order valence-corrected chi connectivity index (χ1v) is 8.83. The van der Waals surface area contributed by atoms with Crippen LogP contribution < -0.4 is 5.48 Å². The highest BCUT2D eigenvalue weighted by atomic mass is 35.5. The van der Waals surface area contributed by atoms with E-state index in [0.29, 0.717) is 23.1 Å². The summed E-state index contributed by atoms with van der Waals surface area (Å²) in [6.45, 7) is 2.35. The fourth-order valence-corrected chi connectivity index (χ4v) is 3.06. The Balaban J connectivity index is 2.32. The maximum atomic E-state index is 11.7. The number of rotatable bonds is 8. The van der Waals surface area contributed by atoms with E-state index in [0.717, 1.165) is 11.1 Å². The predicted molar refractivity (Wildman–Crippen MR) is 99.3 cm³/mol. The van der Waals surface area contributed by atoms with Gasteiger partial charge in [0.2, 0.25) is 5.91 Å². The van der Waals surface area contributed by atoms with Crippen molar-refractivity contribution in [2.24, 2.45) is 0 Å². The SMILES string of the molecule is CCOC(CC(=O)NO)C(Cc1ccc(Cl)cc1)c1ccc(Cl)cc1. The van der Waals surface area contributed by atoms with Crippen LogP contribution in [-0.4, -0.2) is 23.8 Å². The van der Waals surface area contributed by atoms with Gasteiger partial charge in [0.15, 0.2) is 0 Å². The van der Waals surface area contributed by atoms with Gasteiger partial charge in [-0.05, 0) is 48.7 Å². The number of hydrogen-bond acceptors (Lipinski definition) is 3. The lowest BCUT2D eigenvalue weighted by molar-refractivity contribution is -0.132. The Morgan fingerprint density at radius 3 is 2.16 bits per heavy atom. The summed E-state index contributed by atoms with van der Waals surface area (Å²) in [5.41, 5.74) is 3.78. The number of carbonyl (C=O) groups excluding carboxylic acids is 1. The summed E-state index contributed by atoms with van der Waals surface area (Å²) >= 11 is 12.0. The number of ether oxygens (including phenoxy) is 1. The average Bonchev–Trinajstić information content (AvgIpc) is 2.61. The van der Waals surface area contributed by atoms with Crippen LogP contribution in [0.3, 0.4) is 0 Å². The summed E-state index contributed by atoms with van der Waals surface area (Å²) in [4.78, 5) is 11.7. The van der Waals surface area contributed by atoms with Gasteiger partial charge in [0.1, 0.15) is 0 Å². The topological polar surface area (TPSA) is 58.6 Å². The zero-order chi connectivity index (χ0) is 18.2. The molecule has 0 aliphatic heterocycles. The van der Waals surface area contributed by atoms with Crippen molar-refractivity contribution in [1.29, 1.82) is 0 Å². The quantitative estimate of drug-likeness (QED) is 0.517. The van der Waals surface area contributed by atoms with Crippen molar-refractivity contribution in [2.45, 2.75) is 31.8 Å². The van der Waals surface area contributed by atoms with Crippen molar-refractivity contribution in [1.82, 2.24) is 5.48 Å². The first-order chi connectivity index (χ1) is 12.0. The highest BCUT2D eigenvalue weighted by Gasteiger charge is 2.26. The lowest BCUT2D eigenvalue weighted by atomic mass is 9.85. The van der Waals surface area contributed by atoms with E-state index in [2.05, 4.69) is 0 Å². The van der Waals surface area contributed by atoms with Gasteiger partial charge in [0, 0.05) is 22.6 Å². The van der Waals surface area contributed by atoms with Crippen LogP contribution in [0, 0.1) is 0 Å². The van der Waals surface area contributed by atoms with Gasteiger partial charge in [-0.2, -0.15) is 0 Å². The van der Waals surface area contributed by atoms with Crippen molar-refractivity contribution in [3.05, 3.63) is 69.7 Å². The standard InChI is InChI=1S/C19H21Cl2NO3/c1-2-25-18(12-19(23)22-24)17(14-5-9-16(21)10-6-14)11-13-3-7-15(20)8-4-13/h3-10,17-18,24H,2,11-12H2,1H3,(H,22,23). The Morgan fingerprint density at radius 1 is 1.08 bits per heavy atom. The molecule has 0 saturated carbocycles. The Hall–Kier alpha value is -1.59. The van der Waals surface area contributed by atoms with E-state index in [1.165, 1.54) is 0 Å². The van der Waals surface area contributed by atoms with Gasteiger partial charge < -0.3 is 4.74 Å². The highest BCUT2D eigenvalue weighted by Crippen LogP contribution is 2.30. The van der Waals surface area contributed by atoms with E-state index >= 15 is 0 Å². The molecule has 0 spiro atoms. The van der Waals surface area contributed by atoms with Crippen LogP contribution >= 0.6 is 23.2 Å². The lowest BCUT2D eigenvalue weighted by Gasteiger charge is -2.27. The minimum absolute atomic E-state index is 0.0607. The molecular weight excluding hydrogens is 361 g/mol. The highest BCUT2D eigenvalue weighted by molar-refractivity contribution is 6.30. The number of nitrogens with one attached hydrogen (secondary N) is 1. The Labute approximate surface area is 157 Å². The van der Waals surface area contributed by atoms with Crippen molar-refractivity contribution in [2.75, 3.05) is 6.61 Å². The summed E-state index contributed by atoms with van der Waals surface area (Å²) in [5, 5.41) is 10.2. The van der Waals surface area contributed by atoms with E-state index in [1.54, 1.807) is 5.48 Å². The maximum absolute atomic E-state index is 11.7. The Kier molecular flexibility index (Phi) is 7.72. The molecule has 134 valence electrons. The van der Waals surface area contributed by atoms with Gasteiger partial charge in [0.05, 0.1) is 12.5 Å². The molecule has 0 saturated heterocycles. The van der Waals surface area contributed by atoms with Crippen molar-refractivity contribution < 1.29 is 14.7 Å². The van der Waals surface area contributed by atoms with E-state index in [1.807, 2.05) is 55.5 Å². The van der Waals surface area contributed by atoms with Gasteiger partial charge in [-0.25, -0.2) is 5.48 Å². The summed E-state index contributed by atoms with van der Waals surface area (Å²) in [5.74, 6) is -0.552. The van der Waals surface area contributed by atoms with Gasteiger partial charge in [-0.3, -0.25) is 10.0 Å². The third-order valence-electron chi connectivity index (χ3n) is 4.01. The number of carbonyl (C=O) groups is 1. The number of hydrogen-bond donors (Lipinski definition) is 2. The van der Waals surface area contributed by atoms with Crippen LogP contribution in [0.15, 0.2) is 48.5 Å². The van der Waals surface area contributed by atoms with Gasteiger partial charge in [-0.15, -0.1) is 0 Å². The third kappa shape index (κ3) is 6.01. The molecule has 0 aliphatic carbocycles. The molecule has 2 unspecified atom stereocenters. The van der Waals surface area contributed by atoms with E-state index < -0.39 is 5.91 Å². The van der Waals surface area contributed by atoms with E-state index in [-0.39, 0.29) is 18.4 Å². The second-order valence-electron chi connectivity index (χ2n) is 5.72. The molecule has 0 fully saturated rings. The first kappa shape index (κ1) is 19.7.